The van der Waals surface area contributed by atoms with Gasteiger partial charge in [0, 0.05) is 19.3 Å². The number of hydrogen-bond acceptors (Lipinski definition) is 5. The molecule has 0 saturated carbocycles. The first-order chi connectivity index (χ1) is 9.62. The summed E-state index contributed by atoms with van der Waals surface area (Å²) in [7, 11) is -7.95. The standard InChI is InChI=1S/C11H13FN2O5S2/c1-20(16,17)8-2-3-9(12)10(6-8)21(18,19)14-5-4-13-11(15)7-14/h2-3,6H,4-5,7H2,1H3,(H,13,15). The molecule has 7 nitrogen and oxygen atoms in total. The Morgan fingerprint density at radius 2 is 1.90 bits per heavy atom. The highest BCUT2D eigenvalue weighted by Crippen LogP contribution is 2.23. The molecule has 1 N–H and O–H groups in total. The molecule has 1 aliphatic rings. The van der Waals surface area contributed by atoms with Crippen LogP contribution in [0.25, 0.3) is 0 Å². The van der Waals surface area contributed by atoms with E-state index in [1.54, 1.807) is 0 Å². The van der Waals surface area contributed by atoms with Crippen molar-refractivity contribution in [3.05, 3.63) is 24.0 Å². The average Bonchev–Trinajstić information content (AvgIpc) is 2.37. The van der Waals surface area contributed by atoms with Gasteiger partial charge in [0.1, 0.15) is 10.7 Å². The van der Waals surface area contributed by atoms with E-state index in [4.69, 9.17) is 0 Å². The van der Waals surface area contributed by atoms with Gasteiger partial charge >= 0.3 is 0 Å². The molecule has 0 atom stereocenters. The smallest absolute Gasteiger partial charge is 0.246 e. The molecule has 0 aromatic heterocycles. The van der Waals surface area contributed by atoms with Crippen LogP contribution in [0.15, 0.2) is 28.0 Å². The number of sulfonamides is 1. The minimum absolute atomic E-state index is 0.00336. The SMILES string of the molecule is CS(=O)(=O)c1ccc(F)c(S(=O)(=O)N2CCNC(=O)C2)c1. The van der Waals surface area contributed by atoms with E-state index in [0.717, 1.165) is 28.8 Å². The van der Waals surface area contributed by atoms with Crippen LogP contribution in [0.5, 0.6) is 0 Å². The number of nitrogens with zero attached hydrogens (tertiary/aromatic N) is 1. The maximum Gasteiger partial charge on any atom is 0.246 e. The monoisotopic (exact) mass is 336 g/mol. The number of benzene rings is 1. The molecule has 1 heterocycles. The van der Waals surface area contributed by atoms with E-state index >= 15 is 0 Å². The van der Waals surface area contributed by atoms with Gasteiger partial charge in [-0.3, -0.25) is 4.79 Å². The minimum atomic E-state index is -4.28. The van der Waals surface area contributed by atoms with E-state index in [1.807, 2.05) is 0 Å². The Bertz CT molecular complexity index is 789. The van der Waals surface area contributed by atoms with Gasteiger partial charge in [-0.1, -0.05) is 0 Å². The highest BCUT2D eigenvalue weighted by molar-refractivity contribution is 7.91. The lowest BCUT2D eigenvalue weighted by Crippen LogP contribution is -2.49. The zero-order valence-corrected chi connectivity index (χ0v) is 12.7. The van der Waals surface area contributed by atoms with E-state index in [-0.39, 0.29) is 18.0 Å². The number of sulfone groups is 1. The lowest BCUT2D eigenvalue weighted by molar-refractivity contribution is -0.122. The van der Waals surface area contributed by atoms with Crippen LogP contribution in [0.2, 0.25) is 0 Å². The van der Waals surface area contributed by atoms with E-state index in [9.17, 15) is 26.0 Å². The summed E-state index contributed by atoms with van der Waals surface area (Å²) in [5.74, 6) is -1.56. The van der Waals surface area contributed by atoms with E-state index < -0.39 is 43.0 Å². The topological polar surface area (TPSA) is 101 Å². The Morgan fingerprint density at radius 1 is 1.24 bits per heavy atom. The molecule has 21 heavy (non-hydrogen) atoms. The lowest BCUT2D eigenvalue weighted by Gasteiger charge is -2.26. The molecule has 1 fully saturated rings. The van der Waals surface area contributed by atoms with Gasteiger partial charge < -0.3 is 5.32 Å². The summed E-state index contributed by atoms with van der Waals surface area (Å²) in [6, 6.07) is 2.55. The predicted octanol–water partition coefficient (Wildman–Crippen LogP) is -0.650. The number of carbonyl (C=O) groups excluding carboxylic acids is 1. The molecule has 1 aliphatic heterocycles. The summed E-state index contributed by atoms with van der Waals surface area (Å²) >= 11 is 0. The molecule has 116 valence electrons. The van der Waals surface area contributed by atoms with Gasteiger partial charge in [0.2, 0.25) is 15.9 Å². The van der Waals surface area contributed by atoms with E-state index in [2.05, 4.69) is 5.32 Å². The number of halogens is 1. The molecule has 1 saturated heterocycles. The third-order valence-electron chi connectivity index (χ3n) is 2.95. The number of hydrogen-bond donors (Lipinski definition) is 1. The van der Waals surface area contributed by atoms with Crippen molar-refractivity contribution in [3.63, 3.8) is 0 Å². The van der Waals surface area contributed by atoms with Crippen molar-refractivity contribution in [3.8, 4) is 0 Å². The second kappa shape index (κ2) is 5.35. The third kappa shape index (κ3) is 3.22. The van der Waals surface area contributed by atoms with Crippen molar-refractivity contribution < 1.29 is 26.0 Å². The number of amides is 1. The Labute approximate surface area is 121 Å². The molecule has 1 amide bonds. The average molecular weight is 336 g/mol. The summed E-state index contributed by atoms with van der Waals surface area (Å²) in [6.45, 7) is -0.313. The first-order valence-corrected chi connectivity index (χ1v) is 9.22. The second-order valence-corrected chi connectivity index (χ2v) is 8.48. The van der Waals surface area contributed by atoms with Crippen LogP contribution < -0.4 is 5.32 Å². The van der Waals surface area contributed by atoms with Crippen molar-refractivity contribution in [1.29, 1.82) is 0 Å². The highest BCUT2D eigenvalue weighted by atomic mass is 32.2. The fraction of sp³-hybridized carbons (Fsp3) is 0.364. The summed E-state index contributed by atoms with van der Waals surface area (Å²) in [5, 5.41) is 2.45. The fourth-order valence-corrected chi connectivity index (χ4v) is 4.08. The van der Waals surface area contributed by atoms with Gasteiger partial charge in [-0.05, 0) is 18.2 Å². The fourth-order valence-electron chi connectivity index (χ4n) is 1.87. The molecule has 10 heteroatoms. The quantitative estimate of drug-likeness (QED) is 0.739. The van der Waals surface area contributed by atoms with Crippen LogP contribution in [0.1, 0.15) is 0 Å². The van der Waals surface area contributed by atoms with Gasteiger partial charge in [0.15, 0.2) is 9.84 Å². The maximum atomic E-state index is 13.8. The molecule has 2 rings (SSSR count). The third-order valence-corrected chi connectivity index (χ3v) is 5.92. The summed E-state index contributed by atoms with van der Waals surface area (Å²) in [6.07, 6.45) is 0.894. The van der Waals surface area contributed by atoms with Crippen LogP contribution in [-0.4, -0.2) is 52.9 Å². The van der Waals surface area contributed by atoms with Crippen LogP contribution >= 0.6 is 0 Å². The van der Waals surface area contributed by atoms with Crippen molar-refractivity contribution >= 4 is 25.8 Å². The molecule has 0 radical (unpaired) electrons. The van der Waals surface area contributed by atoms with Crippen molar-refractivity contribution in [2.45, 2.75) is 9.79 Å². The molecule has 1 aromatic rings. The van der Waals surface area contributed by atoms with Crippen LogP contribution in [0.4, 0.5) is 4.39 Å². The molecule has 1 aromatic carbocycles. The molecular weight excluding hydrogens is 323 g/mol. The maximum absolute atomic E-state index is 13.8. The second-order valence-electron chi connectivity index (χ2n) is 4.55. The van der Waals surface area contributed by atoms with Crippen LogP contribution in [0, 0.1) is 5.82 Å². The zero-order valence-electron chi connectivity index (χ0n) is 11.0. The molecule has 0 unspecified atom stereocenters. The summed E-state index contributed by atoms with van der Waals surface area (Å²) in [4.78, 5) is 10.2. The van der Waals surface area contributed by atoms with Gasteiger partial charge in [-0.25, -0.2) is 21.2 Å². The first-order valence-electron chi connectivity index (χ1n) is 5.89. The molecular formula is C11H13FN2O5S2. The Balaban J connectivity index is 2.51. The van der Waals surface area contributed by atoms with E-state index in [1.165, 1.54) is 0 Å². The van der Waals surface area contributed by atoms with Crippen LogP contribution in [-0.2, 0) is 24.7 Å². The van der Waals surface area contributed by atoms with Crippen molar-refractivity contribution in [2.24, 2.45) is 0 Å². The first kappa shape index (κ1) is 15.9. The Kier molecular flexibility index (Phi) is 4.04. The minimum Gasteiger partial charge on any atom is -0.354 e. The highest BCUT2D eigenvalue weighted by Gasteiger charge is 2.32. The summed E-state index contributed by atoms with van der Waals surface area (Å²) in [5.41, 5.74) is 0. The lowest BCUT2D eigenvalue weighted by atomic mass is 10.3. The molecule has 0 aliphatic carbocycles. The Hall–Kier alpha value is -1.52. The van der Waals surface area contributed by atoms with Crippen LogP contribution in [0.3, 0.4) is 0 Å². The predicted molar refractivity (Wildman–Crippen MR) is 71.3 cm³/mol. The number of piperazine rings is 1. The summed E-state index contributed by atoms with van der Waals surface area (Å²) < 4.78 is 62.2. The van der Waals surface area contributed by atoms with Gasteiger partial charge in [0.25, 0.3) is 0 Å². The Morgan fingerprint density at radius 3 is 2.48 bits per heavy atom. The molecule has 0 spiro atoms. The number of rotatable bonds is 3. The largest absolute Gasteiger partial charge is 0.354 e. The number of carbonyl (C=O) groups is 1. The molecule has 0 bridgehead atoms. The number of nitrogens with one attached hydrogen (secondary N) is 1. The van der Waals surface area contributed by atoms with Gasteiger partial charge in [0.05, 0.1) is 11.4 Å². The van der Waals surface area contributed by atoms with Gasteiger partial charge in [-0.2, -0.15) is 4.31 Å². The zero-order chi connectivity index (χ0) is 15.8. The van der Waals surface area contributed by atoms with Crippen molar-refractivity contribution in [2.75, 3.05) is 25.9 Å². The van der Waals surface area contributed by atoms with Gasteiger partial charge in [-0.15, -0.1) is 0 Å². The van der Waals surface area contributed by atoms with Crippen molar-refractivity contribution in [1.82, 2.24) is 9.62 Å². The normalized spacial score (nSPS) is 17.5. The van der Waals surface area contributed by atoms with E-state index in [0.29, 0.717) is 0 Å².